The molecule has 0 amide bonds. The Morgan fingerprint density at radius 1 is 1.37 bits per heavy atom. The van der Waals surface area contributed by atoms with Crippen molar-refractivity contribution in [3.63, 3.8) is 0 Å². The van der Waals surface area contributed by atoms with Gasteiger partial charge in [0.25, 0.3) is 0 Å². The molecule has 0 aliphatic carbocycles. The molecule has 0 saturated carbocycles. The molecule has 106 valence electrons. The molecule has 0 bridgehead atoms. The molecule has 1 heterocycles. The number of aliphatic hydroxyl groups is 1. The van der Waals surface area contributed by atoms with Crippen LogP contribution in [0, 0.1) is 11.7 Å². The summed E-state index contributed by atoms with van der Waals surface area (Å²) in [5, 5.41) is 9.50. The van der Waals surface area contributed by atoms with E-state index in [1.54, 1.807) is 13.2 Å². The van der Waals surface area contributed by atoms with E-state index in [2.05, 4.69) is 4.90 Å². The number of nitrogens with zero attached hydrogens (tertiary/aromatic N) is 1. The molecular formula is C15H22FNO2. The smallest absolute Gasteiger partial charge is 0.123 e. The molecule has 1 aromatic rings. The SMILES string of the molecule is COc1ccc(F)cc1C(C(C)CO)N1CCCC1. The lowest BCUT2D eigenvalue weighted by Gasteiger charge is -2.33. The van der Waals surface area contributed by atoms with Gasteiger partial charge in [-0.25, -0.2) is 4.39 Å². The van der Waals surface area contributed by atoms with Crippen LogP contribution in [0.25, 0.3) is 0 Å². The second kappa shape index (κ2) is 6.35. The number of rotatable bonds is 5. The van der Waals surface area contributed by atoms with Crippen molar-refractivity contribution in [1.29, 1.82) is 0 Å². The Balaban J connectivity index is 2.38. The van der Waals surface area contributed by atoms with Crippen molar-refractivity contribution in [3.05, 3.63) is 29.6 Å². The van der Waals surface area contributed by atoms with Gasteiger partial charge in [-0.05, 0) is 50.0 Å². The molecule has 0 radical (unpaired) electrons. The summed E-state index contributed by atoms with van der Waals surface area (Å²) >= 11 is 0. The van der Waals surface area contributed by atoms with Crippen LogP contribution in [0.3, 0.4) is 0 Å². The Morgan fingerprint density at radius 2 is 2.05 bits per heavy atom. The third-order valence-corrected chi connectivity index (χ3v) is 3.87. The van der Waals surface area contributed by atoms with Gasteiger partial charge in [-0.15, -0.1) is 0 Å². The molecular weight excluding hydrogens is 245 g/mol. The highest BCUT2D eigenvalue weighted by Crippen LogP contribution is 2.37. The van der Waals surface area contributed by atoms with Gasteiger partial charge in [0.15, 0.2) is 0 Å². The van der Waals surface area contributed by atoms with E-state index in [-0.39, 0.29) is 24.4 Å². The number of benzene rings is 1. The molecule has 1 aliphatic heterocycles. The predicted octanol–water partition coefficient (Wildman–Crippen LogP) is 2.60. The lowest BCUT2D eigenvalue weighted by Crippen LogP contribution is -2.32. The van der Waals surface area contributed by atoms with Gasteiger partial charge in [-0.1, -0.05) is 6.92 Å². The molecule has 4 heteroatoms. The zero-order chi connectivity index (χ0) is 13.8. The topological polar surface area (TPSA) is 32.7 Å². The second-order valence-corrected chi connectivity index (χ2v) is 5.23. The monoisotopic (exact) mass is 267 g/mol. The molecule has 1 saturated heterocycles. The van der Waals surface area contributed by atoms with E-state index >= 15 is 0 Å². The number of aliphatic hydroxyl groups excluding tert-OH is 1. The molecule has 1 fully saturated rings. The number of hydrogen-bond donors (Lipinski definition) is 1. The molecule has 0 aromatic heterocycles. The summed E-state index contributed by atoms with van der Waals surface area (Å²) in [5.41, 5.74) is 0.839. The van der Waals surface area contributed by atoms with Crippen molar-refractivity contribution in [1.82, 2.24) is 4.90 Å². The van der Waals surface area contributed by atoms with Crippen LogP contribution >= 0.6 is 0 Å². The van der Waals surface area contributed by atoms with Crippen LogP contribution in [0.5, 0.6) is 5.75 Å². The Bertz CT molecular complexity index is 419. The molecule has 1 N–H and O–H groups in total. The Hall–Kier alpha value is -1.13. The quantitative estimate of drug-likeness (QED) is 0.890. The lowest BCUT2D eigenvalue weighted by atomic mass is 9.93. The van der Waals surface area contributed by atoms with E-state index in [1.165, 1.54) is 12.1 Å². The molecule has 19 heavy (non-hydrogen) atoms. The van der Waals surface area contributed by atoms with Crippen molar-refractivity contribution in [3.8, 4) is 5.75 Å². The van der Waals surface area contributed by atoms with E-state index in [4.69, 9.17) is 4.74 Å². The fourth-order valence-electron chi connectivity index (χ4n) is 2.92. The lowest BCUT2D eigenvalue weighted by molar-refractivity contribution is 0.123. The maximum Gasteiger partial charge on any atom is 0.123 e. The minimum atomic E-state index is -0.259. The summed E-state index contributed by atoms with van der Waals surface area (Å²) in [5.74, 6) is 0.484. The number of hydrogen-bond acceptors (Lipinski definition) is 3. The molecule has 2 atom stereocenters. The van der Waals surface area contributed by atoms with Crippen molar-refractivity contribution in [2.45, 2.75) is 25.8 Å². The molecule has 1 aliphatic rings. The van der Waals surface area contributed by atoms with E-state index < -0.39 is 0 Å². The molecule has 1 aromatic carbocycles. The summed E-state index contributed by atoms with van der Waals surface area (Å²) < 4.78 is 18.9. The third-order valence-electron chi connectivity index (χ3n) is 3.87. The normalized spacial score (nSPS) is 19.4. The molecule has 2 rings (SSSR count). The van der Waals surface area contributed by atoms with Gasteiger partial charge in [0.2, 0.25) is 0 Å². The van der Waals surface area contributed by atoms with E-state index in [0.717, 1.165) is 31.5 Å². The molecule has 0 spiro atoms. The third kappa shape index (κ3) is 3.07. The van der Waals surface area contributed by atoms with Crippen LogP contribution in [0.4, 0.5) is 4.39 Å². The fourth-order valence-corrected chi connectivity index (χ4v) is 2.92. The van der Waals surface area contributed by atoms with E-state index in [1.807, 2.05) is 6.92 Å². The number of likely N-dealkylation sites (tertiary alicyclic amines) is 1. The van der Waals surface area contributed by atoms with Crippen molar-refractivity contribution in [2.24, 2.45) is 5.92 Å². The highest BCUT2D eigenvalue weighted by Gasteiger charge is 2.30. The van der Waals surface area contributed by atoms with Gasteiger partial charge in [0.05, 0.1) is 7.11 Å². The zero-order valence-electron chi connectivity index (χ0n) is 11.6. The van der Waals surface area contributed by atoms with Crippen molar-refractivity contribution < 1.29 is 14.2 Å². The van der Waals surface area contributed by atoms with Gasteiger partial charge >= 0.3 is 0 Å². The average molecular weight is 267 g/mol. The Kier molecular flexibility index (Phi) is 4.77. The minimum Gasteiger partial charge on any atom is -0.496 e. The number of methoxy groups -OCH3 is 1. The minimum absolute atomic E-state index is 0.0122. The first kappa shape index (κ1) is 14.3. The maximum atomic E-state index is 13.6. The van der Waals surface area contributed by atoms with Crippen LogP contribution < -0.4 is 4.74 Å². The number of halogens is 1. The summed E-state index contributed by atoms with van der Waals surface area (Å²) in [7, 11) is 1.60. The summed E-state index contributed by atoms with van der Waals surface area (Å²) in [6, 6.07) is 4.62. The van der Waals surface area contributed by atoms with Crippen molar-refractivity contribution in [2.75, 3.05) is 26.8 Å². The largest absolute Gasteiger partial charge is 0.496 e. The standard InChI is InChI=1S/C15H22FNO2/c1-11(10-18)15(17-7-3-4-8-17)13-9-12(16)5-6-14(13)19-2/h5-6,9,11,15,18H,3-4,7-8,10H2,1-2H3. The van der Waals surface area contributed by atoms with Gasteiger partial charge in [0.1, 0.15) is 11.6 Å². The number of ether oxygens (including phenoxy) is 1. The van der Waals surface area contributed by atoms with Crippen LogP contribution in [-0.4, -0.2) is 36.8 Å². The first-order valence-electron chi connectivity index (χ1n) is 6.85. The summed E-state index contributed by atoms with van der Waals surface area (Å²) in [6.07, 6.45) is 2.32. The highest BCUT2D eigenvalue weighted by atomic mass is 19.1. The second-order valence-electron chi connectivity index (χ2n) is 5.23. The summed E-state index contributed by atoms with van der Waals surface area (Å²) in [4.78, 5) is 2.32. The highest BCUT2D eigenvalue weighted by molar-refractivity contribution is 5.37. The van der Waals surface area contributed by atoms with E-state index in [0.29, 0.717) is 5.75 Å². The fraction of sp³-hybridized carbons (Fsp3) is 0.600. The zero-order valence-corrected chi connectivity index (χ0v) is 11.6. The first-order chi connectivity index (χ1) is 9.17. The Labute approximate surface area is 114 Å². The Morgan fingerprint density at radius 3 is 2.63 bits per heavy atom. The van der Waals surface area contributed by atoms with Gasteiger partial charge in [-0.2, -0.15) is 0 Å². The van der Waals surface area contributed by atoms with Crippen LogP contribution in [-0.2, 0) is 0 Å². The summed E-state index contributed by atoms with van der Waals surface area (Å²) in [6.45, 7) is 4.07. The predicted molar refractivity (Wildman–Crippen MR) is 72.7 cm³/mol. The van der Waals surface area contributed by atoms with Crippen LogP contribution in [0.2, 0.25) is 0 Å². The molecule has 2 unspecified atom stereocenters. The van der Waals surface area contributed by atoms with E-state index in [9.17, 15) is 9.50 Å². The van der Waals surface area contributed by atoms with Crippen LogP contribution in [0.1, 0.15) is 31.4 Å². The van der Waals surface area contributed by atoms with Gasteiger partial charge < -0.3 is 9.84 Å². The van der Waals surface area contributed by atoms with Crippen molar-refractivity contribution >= 4 is 0 Å². The molecule has 3 nitrogen and oxygen atoms in total. The van der Waals surface area contributed by atoms with Crippen LogP contribution in [0.15, 0.2) is 18.2 Å². The average Bonchev–Trinajstić information content (AvgIpc) is 2.93. The van der Waals surface area contributed by atoms with Gasteiger partial charge in [0, 0.05) is 18.2 Å². The maximum absolute atomic E-state index is 13.6. The first-order valence-corrected chi connectivity index (χ1v) is 6.85. The van der Waals surface area contributed by atoms with Gasteiger partial charge in [-0.3, -0.25) is 4.90 Å².